The number of aromatic amines is 1. The Balaban J connectivity index is 2.08. The third-order valence-electron chi connectivity index (χ3n) is 3.75. The highest BCUT2D eigenvalue weighted by Gasteiger charge is 2.18. The van der Waals surface area contributed by atoms with Crippen molar-refractivity contribution in [3.05, 3.63) is 22.4 Å². The molecule has 0 radical (unpaired) electrons. The van der Waals surface area contributed by atoms with E-state index in [9.17, 15) is 4.79 Å². The topological polar surface area (TPSA) is 63.6 Å². The second-order valence-corrected chi connectivity index (χ2v) is 5.12. The molecule has 2 aromatic rings. The van der Waals surface area contributed by atoms with E-state index in [0.717, 1.165) is 18.5 Å². The van der Waals surface area contributed by atoms with Gasteiger partial charge in [0.2, 0.25) is 0 Å². The number of hydrogen-bond acceptors (Lipinski definition) is 3. The second kappa shape index (κ2) is 4.55. The molecule has 2 heterocycles. The number of hydrogen-bond donors (Lipinski definition) is 1. The Bertz CT molecular complexity index is 605. The number of H-pyrrole nitrogens is 1. The van der Waals surface area contributed by atoms with E-state index in [1.54, 1.807) is 6.20 Å². The molecule has 1 fully saturated rings. The number of nitrogens with one attached hydrogen (secondary N) is 1. The monoisotopic (exact) mass is 246 g/mol. The maximum atomic E-state index is 11.8. The molecule has 5 nitrogen and oxygen atoms in total. The molecule has 3 rings (SSSR count). The van der Waals surface area contributed by atoms with Crippen LogP contribution in [0.1, 0.15) is 50.4 Å². The van der Waals surface area contributed by atoms with Crippen LogP contribution >= 0.6 is 0 Å². The summed E-state index contributed by atoms with van der Waals surface area (Å²) in [5.74, 6) is 0.655. The molecule has 2 aromatic heterocycles. The molecule has 5 heteroatoms. The minimum Gasteiger partial charge on any atom is -0.310 e. The van der Waals surface area contributed by atoms with Gasteiger partial charge in [-0.25, -0.2) is 9.67 Å². The molecule has 0 aromatic carbocycles. The van der Waals surface area contributed by atoms with Crippen LogP contribution in [0, 0.1) is 6.92 Å². The number of aryl methyl sites for hydroxylation is 1. The summed E-state index contributed by atoms with van der Waals surface area (Å²) in [6.45, 7) is 1.81. The molecule has 0 amide bonds. The summed E-state index contributed by atoms with van der Waals surface area (Å²) >= 11 is 0. The minimum absolute atomic E-state index is 0.0858. The van der Waals surface area contributed by atoms with E-state index in [4.69, 9.17) is 0 Å². The van der Waals surface area contributed by atoms with Crippen molar-refractivity contribution < 1.29 is 0 Å². The van der Waals surface area contributed by atoms with Gasteiger partial charge in [0.15, 0.2) is 5.65 Å². The third-order valence-corrected chi connectivity index (χ3v) is 3.75. The summed E-state index contributed by atoms with van der Waals surface area (Å²) in [5, 5.41) is 5.00. The lowest BCUT2D eigenvalue weighted by atomic mass is 10.1. The van der Waals surface area contributed by atoms with Crippen molar-refractivity contribution in [1.82, 2.24) is 19.7 Å². The van der Waals surface area contributed by atoms with E-state index >= 15 is 0 Å². The average Bonchev–Trinajstić information content (AvgIpc) is 2.59. The zero-order valence-corrected chi connectivity index (χ0v) is 10.6. The number of rotatable bonds is 1. The quantitative estimate of drug-likeness (QED) is 0.785. The number of fused-ring (bicyclic) bond motifs is 1. The van der Waals surface area contributed by atoms with Crippen LogP contribution in [0.4, 0.5) is 0 Å². The zero-order valence-electron chi connectivity index (χ0n) is 10.6. The Morgan fingerprint density at radius 1 is 1.28 bits per heavy atom. The van der Waals surface area contributed by atoms with Crippen molar-refractivity contribution in [2.75, 3.05) is 0 Å². The lowest BCUT2D eigenvalue weighted by Crippen LogP contribution is -2.14. The van der Waals surface area contributed by atoms with Crippen molar-refractivity contribution in [2.24, 2.45) is 0 Å². The fourth-order valence-electron chi connectivity index (χ4n) is 2.82. The lowest BCUT2D eigenvalue weighted by molar-refractivity contribution is 0.414. The first-order valence-corrected chi connectivity index (χ1v) is 6.70. The van der Waals surface area contributed by atoms with Gasteiger partial charge in [-0.1, -0.05) is 25.7 Å². The summed E-state index contributed by atoms with van der Waals surface area (Å²) in [6, 6.07) is 0.402. The van der Waals surface area contributed by atoms with Gasteiger partial charge in [0.1, 0.15) is 11.2 Å². The van der Waals surface area contributed by atoms with Gasteiger partial charge >= 0.3 is 0 Å². The van der Waals surface area contributed by atoms with E-state index in [-0.39, 0.29) is 5.56 Å². The Hall–Kier alpha value is -1.65. The standard InChI is InChI=1S/C13H18N4O/c1-9-15-12-11(13(18)16-9)8-14-17(12)10-6-4-2-3-5-7-10/h8,10H,2-7H2,1H3,(H,15,16,18). The van der Waals surface area contributed by atoms with Gasteiger partial charge in [0.25, 0.3) is 5.56 Å². The number of aromatic nitrogens is 4. The molecular formula is C13H18N4O. The van der Waals surface area contributed by atoms with Crippen molar-refractivity contribution in [3.63, 3.8) is 0 Å². The van der Waals surface area contributed by atoms with Gasteiger partial charge in [0.05, 0.1) is 12.2 Å². The molecule has 1 aliphatic carbocycles. The lowest BCUT2D eigenvalue weighted by Gasteiger charge is -2.15. The molecule has 0 bridgehead atoms. The minimum atomic E-state index is -0.0858. The predicted octanol–water partition coefficient (Wildman–Crippen LogP) is 2.32. The molecular weight excluding hydrogens is 228 g/mol. The van der Waals surface area contributed by atoms with Crippen LogP contribution in [-0.4, -0.2) is 19.7 Å². The van der Waals surface area contributed by atoms with Crippen LogP contribution in [0.15, 0.2) is 11.0 Å². The first kappa shape index (κ1) is 11.4. The smallest absolute Gasteiger partial charge is 0.262 e. The summed E-state index contributed by atoms with van der Waals surface area (Å²) in [4.78, 5) is 19.0. The van der Waals surface area contributed by atoms with Crippen molar-refractivity contribution >= 4 is 11.0 Å². The Kier molecular flexibility index (Phi) is 2.89. The molecule has 1 aliphatic rings. The summed E-state index contributed by atoms with van der Waals surface area (Å²) in [6.07, 6.45) is 9.04. The van der Waals surface area contributed by atoms with Crippen molar-refractivity contribution in [2.45, 2.75) is 51.5 Å². The summed E-state index contributed by atoms with van der Waals surface area (Å²) in [7, 11) is 0. The van der Waals surface area contributed by atoms with Crippen LogP contribution in [-0.2, 0) is 0 Å². The zero-order chi connectivity index (χ0) is 12.5. The SMILES string of the molecule is Cc1nc2c(cnn2C2CCCCCC2)c(=O)[nH]1. The normalized spacial score (nSPS) is 18.1. The van der Waals surface area contributed by atoms with Crippen molar-refractivity contribution in [3.8, 4) is 0 Å². The van der Waals surface area contributed by atoms with Gasteiger partial charge < -0.3 is 4.98 Å². The highest BCUT2D eigenvalue weighted by atomic mass is 16.1. The summed E-state index contributed by atoms with van der Waals surface area (Å²) in [5.41, 5.74) is 0.653. The van der Waals surface area contributed by atoms with E-state index in [2.05, 4.69) is 15.1 Å². The predicted molar refractivity (Wildman–Crippen MR) is 69.6 cm³/mol. The molecule has 1 saturated carbocycles. The molecule has 0 aliphatic heterocycles. The summed E-state index contributed by atoms with van der Waals surface area (Å²) < 4.78 is 1.96. The van der Waals surface area contributed by atoms with E-state index in [1.807, 2.05) is 11.6 Å². The van der Waals surface area contributed by atoms with Gasteiger partial charge in [-0.2, -0.15) is 5.10 Å². The maximum Gasteiger partial charge on any atom is 0.262 e. The van der Waals surface area contributed by atoms with Gasteiger partial charge in [0, 0.05) is 0 Å². The van der Waals surface area contributed by atoms with Gasteiger partial charge in [-0.15, -0.1) is 0 Å². The molecule has 1 N–H and O–H groups in total. The van der Waals surface area contributed by atoms with E-state index in [0.29, 0.717) is 17.3 Å². The Morgan fingerprint density at radius 3 is 2.72 bits per heavy atom. The largest absolute Gasteiger partial charge is 0.310 e. The molecule has 0 atom stereocenters. The van der Waals surface area contributed by atoms with Crippen LogP contribution in [0.3, 0.4) is 0 Å². The third kappa shape index (κ3) is 1.94. The van der Waals surface area contributed by atoms with Gasteiger partial charge in [-0.3, -0.25) is 4.79 Å². The van der Waals surface area contributed by atoms with Crippen LogP contribution in [0.2, 0.25) is 0 Å². The van der Waals surface area contributed by atoms with Crippen molar-refractivity contribution in [1.29, 1.82) is 0 Å². The fourth-order valence-corrected chi connectivity index (χ4v) is 2.82. The van der Waals surface area contributed by atoms with E-state index < -0.39 is 0 Å². The fraction of sp³-hybridized carbons (Fsp3) is 0.615. The Morgan fingerprint density at radius 2 is 2.00 bits per heavy atom. The molecule has 0 unspecified atom stereocenters. The Labute approximate surface area is 105 Å². The number of nitrogens with zero attached hydrogens (tertiary/aromatic N) is 3. The first-order chi connectivity index (χ1) is 8.75. The second-order valence-electron chi connectivity index (χ2n) is 5.12. The first-order valence-electron chi connectivity index (χ1n) is 6.70. The average molecular weight is 246 g/mol. The molecule has 0 saturated heterocycles. The highest BCUT2D eigenvalue weighted by Crippen LogP contribution is 2.28. The van der Waals surface area contributed by atoms with Gasteiger partial charge in [-0.05, 0) is 19.8 Å². The molecule has 18 heavy (non-hydrogen) atoms. The molecule has 96 valence electrons. The van der Waals surface area contributed by atoms with Crippen LogP contribution in [0.25, 0.3) is 11.0 Å². The maximum absolute atomic E-state index is 11.8. The van der Waals surface area contributed by atoms with Crippen LogP contribution < -0.4 is 5.56 Å². The molecule has 0 spiro atoms. The highest BCUT2D eigenvalue weighted by molar-refractivity contribution is 5.73. The van der Waals surface area contributed by atoms with E-state index in [1.165, 1.54) is 25.7 Å². The van der Waals surface area contributed by atoms with Crippen LogP contribution in [0.5, 0.6) is 0 Å².